The van der Waals surface area contributed by atoms with E-state index in [1.807, 2.05) is 73.7 Å². The summed E-state index contributed by atoms with van der Waals surface area (Å²) < 4.78 is 29.3. The summed E-state index contributed by atoms with van der Waals surface area (Å²) >= 11 is 0. The number of hydrogen-bond donors (Lipinski definition) is 1. The van der Waals surface area contributed by atoms with Crippen molar-refractivity contribution in [2.75, 3.05) is 6.54 Å². The highest BCUT2D eigenvalue weighted by molar-refractivity contribution is 7.89. The second kappa shape index (κ2) is 12.5. The van der Waals surface area contributed by atoms with Gasteiger partial charge >= 0.3 is 0 Å². The molecule has 1 aliphatic carbocycles. The zero-order valence-corrected chi connectivity index (χ0v) is 24.5. The van der Waals surface area contributed by atoms with Crippen LogP contribution in [-0.4, -0.2) is 31.2 Å². The predicted molar refractivity (Wildman–Crippen MR) is 158 cm³/mol. The van der Waals surface area contributed by atoms with E-state index in [-0.39, 0.29) is 23.3 Å². The van der Waals surface area contributed by atoms with Gasteiger partial charge in [0.1, 0.15) is 0 Å². The molecule has 0 heterocycles. The van der Waals surface area contributed by atoms with Crippen LogP contribution in [0.1, 0.15) is 68.7 Å². The lowest BCUT2D eigenvalue weighted by atomic mass is 9.86. The molecule has 5 nitrogen and oxygen atoms in total. The second-order valence-corrected chi connectivity index (χ2v) is 13.9. The molecule has 1 aliphatic rings. The largest absolute Gasteiger partial charge is 0.353 e. The Morgan fingerprint density at radius 3 is 2.05 bits per heavy atom. The van der Waals surface area contributed by atoms with Crippen LogP contribution in [0.3, 0.4) is 0 Å². The van der Waals surface area contributed by atoms with Crippen LogP contribution in [0.2, 0.25) is 0 Å². The molecule has 6 heteroatoms. The molecule has 0 radical (unpaired) electrons. The van der Waals surface area contributed by atoms with E-state index < -0.39 is 10.0 Å². The molecular weight excluding hydrogens is 504 g/mol. The lowest BCUT2D eigenvalue weighted by Gasteiger charge is -2.33. The van der Waals surface area contributed by atoms with Gasteiger partial charge in [0.15, 0.2) is 0 Å². The van der Waals surface area contributed by atoms with E-state index in [1.54, 1.807) is 16.4 Å². The Bertz CT molecular complexity index is 1320. The first kappa shape index (κ1) is 29.0. The lowest BCUT2D eigenvalue weighted by Crippen LogP contribution is -2.41. The summed E-state index contributed by atoms with van der Waals surface area (Å²) in [6.45, 7) is 9.23. The number of amides is 1. The molecule has 3 aromatic rings. The third-order valence-electron chi connectivity index (χ3n) is 7.72. The van der Waals surface area contributed by atoms with Gasteiger partial charge in [-0.2, -0.15) is 4.31 Å². The van der Waals surface area contributed by atoms with E-state index in [1.165, 1.54) is 5.56 Å². The van der Waals surface area contributed by atoms with Gasteiger partial charge < -0.3 is 5.32 Å². The van der Waals surface area contributed by atoms with Gasteiger partial charge in [-0.25, -0.2) is 8.42 Å². The standard InChI is InChI=1S/C33H42N2O3S/c1-25-10-12-26(13-11-25)22-32(36)34-30-18-14-28(15-19-30)24-35(23-27-8-6-5-7-9-27)39(37,38)31-20-16-29(17-21-31)33(2,3)4/h5-13,16-17,20-21,28,30H,14-15,18-19,22-24H2,1-4H3,(H,34,36). The minimum absolute atomic E-state index is 0.0415. The van der Waals surface area contributed by atoms with Crippen molar-refractivity contribution in [1.82, 2.24) is 9.62 Å². The number of aryl methyl sites for hydroxylation is 1. The van der Waals surface area contributed by atoms with E-state index in [0.29, 0.717) is 24.4 Å². The van der Waals surface area contributed by atoms with Crippen LogP contribution in [0.15, 0.2) is 83.8 Å². The van der Waals surface area contributed by atoms with E-state index in [4.69, 9.17) is 0 Å². The van der Waals surface area contributed by atoms with E-state index in [0.717, 1.165) is 42.4 Å². The Labute approximate surface area is 234 Å². The summed E-state index contributed by atoms with van der Waals surface area (Å²) in [6.07, 6.45) is 3.89. The van der Waals surface area contributed by atoms with Gasteiger partial charge in [0.25, 0.3) is 0 Å². The molecule has 208 valence electrons. The average Bonchev–Trinajstić information content (AvgIpc) is 2.91. The molecule has 1 amide bonds. The summed E-state index contributed by atoms with van der Waals surface area (Å²) in [4.78, 5) is 12.9. The normalized spacial score (nSPS) is 18.2. The van der Waals surface area contributed by atoms with Crippen LogP contribution in [0.25, 0.3) is 0 Å². The number of sulfonamides is 1. The highest BCUT2D eigenvalue weighted by Crippen LogP contribution is 2.30. The zero-order valence-electron chi connectivity index (χ0n) is 23.7. The van der Waals surface area contributed by atoms with Crippen LogP contribution >= 0.6 is 0 Å². The molecule has 4 rings (SSSR count). The molecule has 0 atom stereocenters. The number of carbonyl (C=O) groups is 1. The second-order valence-electron chi connectivity index (χ2n) is 12.0. The molecule has 1 saturated carbocycles. The van der Waals surface area contributed by atoms with Crippen LogP contribution in [0, 0.1) is 12.8 Å². The number of nitrogens with one attached hydrogen (secondary N) is 1. The molecule has 0 aromatic heterocycles. The average molecular weight is 547 g/mol. The Morgan fingerprint density at radius 2 is 1.46 bits per heavy atom. The van der Waals surface area contributed by atoms with E-state index in [9.17, 15) is 13.2 Å². The summed E-state index contributed by atoms with van der Waals surface area (Å²) in [5.74, 6) is 0.303. The molecular formula is C33H42N2O3S. The first-order chi connectivity index (χ1) is 18.5. The fourth-order valence-corrected chi connectivity index (χ4v) is 6.76. The van der Waals surface area contributed by atoms with Gasteiger partial charge in [0.2, 0.25) is 15.9 Å². The summed E-state index contributed by atoms with van der Waals surface area (Å²) in [6, 6.07) is 25.4. The molecule has 0 unspecified atom stereocenters. The smallest absolute Gasteiger partial charge is 0.243 e. The van der Waals surface area contributed by atoms with Gasteiger partial charge in [-0.1, -0.05) is 93.1 Å². The van der Waals surface area contributed by atoms with Crippen molar-refractivity contribution in [1.29, 1.82) is 0 Å². The third-order valence-corrected chi connectivity index (χ3v) is 9.54. The van der Waals surface area contributed by atoms with Gasteiger partial charge in [0, 0.05) is 19.1 Å². The summed E-state index contributed by atoms with van der Waals surface area (Å²) in [5, 5.41) is 3.20. The van der Waals surface area contributed by atoms with E-state index >= 15 is 0 Å². The van der Waals surface area contributed by atoms with Gasteiger partial charge in [-0.05, 0) is 72.8 Å². The Kier molecular flexibility index (Phi) is 9.29. The molecule has 1 fully saturated rings. The maximum atomic E-state index is 13.8. The Hall–Kier alpha value is -2.96. The maximum absolute atomic E-state index is 13.8. The summed E-state index contributed by atoms with van der Waals surface area (Å²) in [5.41, 5.74) is 4.25. The van der Waals surface area contributed by atoms with Crippen LogP contribution in [0.5, 0.6) is 0 Å². The molecule has 0 bridgehead atoms. The van der Waals surface area contributed by atoms with Crippen LogP contribution in [0.4, 0.5) is 0 Å². The fraction of sp³-hybridized carbons (Fsp3) is 0.424. The van der Waals surface area contributed by atoms with Crippen molar-refractivity contribution in [3.63, 3.8) is 0 Å². The Balaban J connectivity index is 1.40. The first-order valence-electron chi connectivity index (χ1n) is 14.0. The van der Waals surface area contributed by atoms with Crippen LogP contribution < -0.4 is 5.32 Å². The number of carbonyl (C=O) groups excluding carboxylic acids is 1. The topological polar surface area (TPSA) is 66.5 Å². The monoisotopic (exact) mass is 546 g/mol. The lowest BCUT2D eigenvalue weighted by molar-refractivity contribution is -0.121. The zero-order chi connectivity index (χ0) is 28.0. The van der Waals surface area contributed by atoms with E-state index in [2.05, 4.69) is 26.1 Å². The maximum Gasteiger partial charge on any atom is 0.243 e. The highest BCUT2D eigenvalue weighted by Gasteiger charge is 2.30. The van der Waals surface area contributed by atoms with Crippen molar-refractivity contribution < 1.29 is 13.2 Å². The Morgan fingerprint density at radius 1 is 0.846 bits per heavy atom. The molecule has 0 aliphatic heterocycles. The van der Waals surface area contributed by atoms with Crippen LogP contribution in [-0.2, 0) is 33.2 Å². The highest BCUT2D eigenvalue weighted by atomic mass is 32.2. The van der Waals surface area contributed by atoms with Crippen molar-refractivity contribution in [3.05, 3.63) is 101 Å². The molecule has 3 aromatic carbocycles. The van der Waals surface area contributed by atoms with Gasteiger partial charge in [-0.3, -0.25) is 4.79 Å². The molecule has 39 heavy (non-hydrogen) atoms. The third kappa shape index (κ3) is 8.02. The molecule has 1 N–H and O–H groups in total. The number of benzene rings is 3. The summed E-state index contributed by atoms with van der Waals surface area (Å²) in [7, 11) is -3.67. The van der Waals surface area contributed by atoms with Gasteiger partial charge in [-0.15, -0.1) is 0 Å². The van der Waals surface area contributed by atoms with Crippen molar-refractivity contribution in [3.8, 4) is 0 Å². The number of hydrogen-bond acceptors (Lipinski definition) is 3. The predicted octanol–water partition coefficient (Wildman–Crippen LogP) is 6.40. The molecule has 0 saturated heterocycles. The SMILES string of the molecule is Cc1ccc(CC(=O)NC2CCC(CN(Cc3ccccc3)S(=O)(=O)c3ccc(C(C)(C)C)cc3)CC2)cc1. The van der Waals surface area contributed by atoms with Crippen molar-refractivity contribution in [2.45, 2.75) is 82.7 Å². The van der Waals surface area contributed by atoms with Crippen molar-refractivity contribution >= 4 is 15.9 Å². The van der Waals surface area contributed by atoms with Crippen molar-refractivity contribution in [2.24, 2.45) is 5.92 Å². The molecule has 0 spiro atoms. The number of rotatable bonds is 9. The van der Waals surface area contributed by atoms with Gasteiger partial charge in [0.05, 0.1) is 11.3 Å². The fourth-order valence-electron chi connectivity index (χ4n) is 5.26. The first-order valence-corrected chi connectivity index (χ1v) is 15.4. The minimum Gasteiger partial charge on any atom is -0.353 e. The minimum atomic E-state index is -3.67. The number of nitrogens with zero attached hydrogens (tertiary/aromatic N) is 1. The quantitative estimate of drug-likeness (QED) is 0.338.